The van der Waals surface area contributed by atoms with E-state index in [4.69, 9.17) is 5.11 Å². The van der Waals surface area contributed by atoms with Gasteiger partial charge in [0.15, 0.2) is 0 Å². The Morgan fingerprint density at radius 1 is 1.39 bits per heavy atom. The van der Waals surface area contributed by atoms with Gasteiger partial charge >= 0.3 is 0 Å². The first-order valence-corrected chi connectivity index (χ1v) is 6.93. The van der Waals surface area contributed by atoms with E-state index >= 15 is 0 Å². The maximum atomic E-state index is 9.16. The minimum absolute atomic E-state index is 0.0151. The average molecular weight is 262 g/mol. The van der Waals surface area contributed by atoms with Gasteiger partial charge in [0, 0.05) is 22.8 Å². The number of anilines is 1. The van der Waals surface area contributed by atoms with Gasteiger partial charge in [-0.2, -0.15) is 0 Å². The molecule has 2 aromatic heterocycles. The highest BCUT2D eigenvalue weighted by atomic mass is 32.1. The summed E-state index contributed by atoms with van der Waals surface area (Å²) < 4.78 is 0. The van der Waals surface area contributed by atoms with E-state index in [0.29, 0.717) is 11.7 Å². The number of nitrogens with zero attached hydrogens (tertiary/aromatic N) is 2. The molecule has 2 aromatic rings. The third kappa shape index (κ3) is 3.09. The second-order valence-corrected chi connectivity index (χ2v) is 5.50. The van der Waals surface area contributed by atoms with Crippen LogP contribution in [0.5, 0.6) is 0 Å². The predicted octanol–water partition coefficient (Wildman–Crippen LogP) is 3.05. The molecule has 0 radical (unpaired) electrons. The molecule has 96 valence electrons. The first kappa shape index (κ1) is 13.1. The zero-order chi connectivity index (χ0) is 13.0. The summed E-state index contributed by atoms with van der Waals surface area (Å²) in [6.07, 6.45) is 1.75. The van der Waals surface area contributed by atoms with Gasteiger partial charge in [0.05, 0.1) is 18.8 Å². The third-order valence-electron chi connectivity index (χ3n) is 2.82. The van der Waals surface area contributed by atoms with Crippen LogP contribution < -0.4 is 4.90 Å². The van der Waals surface area contributed by atoms with Gasteiger partial charge in [-0.3, -0.25) is 4.98 Å². The van der Waals surface area contributed by atoms with Crippen LogP contribution >= 0.6 is 11.3 Å². The van der Waals surface area contributed by atoms with E-state index in [0.717, 1.165) is 12.2 Å². The summed E-state index contributed by atoms with van der Waals surface area (Å²) in [6, 6.07) is 8.57. The molecule has 18 heavy (non-hydrogen) atoms. The second kappa shape index (κ2) is 5.98. The Bertz CT molecular complexity index is 482. The molecule has 2 heterocycles. The molecule has 0 spiro atoms. The predicted molar refractivity (Wildman–Crippen MR) is 75.8 cm³/mol. The molecular weight excluding hydrogens is 244 g/mol. The van der Waals surface area contributed by atoms with Gasteiger partial charge in [-0.1, -0.05) is 6.07 Å². The lowest BCUT2D eigenvalue weighted by Crippen LogP contribution is -2.29. The summed E-state index contributed by atoms with van der Waals surface area (Å²) in [5.41, 5.74) is 1.82. The van der Waals surface area contributed by atoms with Crippen LogP contribution in [0.15, 0.2) is 35.8 Å². The first-order valence-electron chi connectivity index (χ1n) is 6.05. The van der Waals surface area contributed by atoms with Crippen LogP contribution in [0.1, 0.15) is 24.4 Å². The van der Waals surface area contributed by atoms with E-state index < -0.39 is 0 Å². The van der Waals surface area contributed by atoms with Crippen LogP contribution in [-0.2, 0) is 13.2 Å². The van der Waals surface area contributed by atoms with E-state index in [2.05, 4.69) is 41.2 Å². The average Bonchev–Trinajstić information content (AvgIpc) is 2.88. The SMILES string of the molecule is CC(C)N(Cc1cccs1)c1ccnc(CO)c1. The Kier molecular flexibility index (Phi) is 4.33. The van der Waals surface area contributed by atoms with Gasteiger partial charge in [0.25, 0.3) is 0 Å². The van der Waals surface area contributed by atoms with Crippen molar-refractivity contribution in [1.82, 2.24) is 4.98 Å². The molecule has 0 amide bonds. The third-order valence-corrected chi connectivity index (χ3v) is 3.68. The Hall–Kier alpha value is -1.39. The van der Waals surface area contributed by atoms with E-state index in [-0.39, 0.29) is 6.61 Å². The number of aromatic nitrogens is 1. The van der Waals surface area contributed by atoms with Gasteiger partial charge in [-0.05, 0) is 37.4 Å². The topological polar surface area (TPSA) is 36.4 Å². The van der Waals surface area contributed by atoms with E-state index in [1.807, 2.05) is 12.1 Å². The molecule has 0 fully saturated rings. The molecule has 0 aromatic carbocycles. The molecule has 0 aliphatic rings. The van der Waals surface area contributed by atoms with Crippen molar-refractivity contribution >= 4 is 17.0 Å². The molecule has 0 bridgehead atoms. The molecular formula is C14H18N2OS. The second-order valence-electron chi connectivity index (χ2n) is 4.46. The van der Waals surface area contributed by atoms with Gasteiger partial charge in [-0.25, -0.2) is 0 Å². The van der Waals surface area contributed by atoms with Crippen molar-refractivity contribution in [3.63, 3.8) is 0 Å². The molecule has 2 rings (SSSR count). The number of aliphatic hydroxyl groups excluding tert-OH is 1. The van der Waals surface area contributed by atoms with Crippen LogP contribution in [-0.4, -0.2) is 16.1 Å². The van der Waals surface area contributed by atoms with Crippen molar-refractivity contribution in [2.24, 2.45) is 0 Å². The van der Waals surface area contributed by atoms with Crippen LogP contribution in [0.4, 0.5) is 5.69 Å². The maximum absolute atomic E-state index is 9.16. The molecule has 0 saturated heterocycles. The zero-order valence-corrected chi connectivity index (χ0v) is 11.5. The molecule has 0 atom stereocenters. The lowest BCUT2D eigenvalue weighted by molar-refractivity contribution is 0.277. The fourth-order valence-corrected chi connectivity index (χ4v) is 2.58. The normalized spacial score (nSPS) is 10.9. The summed E-state index contributed by atoms with van der Waals surface area (Å²) in [5.74, 6) is 0. The fraction of sp³-hybridized carbons (Fsp3) is 0.357. The molecule has 4 heteroatoms. The number of hydrogen-bond acceptors (Lipinski definition) is 4. The Morgan fingerprint density at radius 2 is 2.22 bits per heavy atom. The number of thiophene rings is 1. The smallest absolute Gasteiger partial charge is 0.0853 e. The van der Waals surface area contributed by atoms with E-state index in [9.17, 15) is 0 Å². The summed E-state index contributed by atoms with van der Waals surface area (Å²) >= 11 is 1.77. The Balaban J connectivity index is 2.23. The van der Waals surface area contributed by atoms with Gasteiger partial charge in [0.2, 0.25) is 0 Å². The lowest BCUT2D eigenvalue weighted by Gasteiger charge is -2.28. The van der Waals surface area contributed by atoms with Crippen LogP contribution in [0.3, 0.4) is 0 Å². The maximum Gasteiger partial charge on any atom is 0.0853 e. The lowest BCUT2D eigenvalue weighted by atomic mass is 10.2. The first-order chi connectivity index (χ1) is 8.70. The minimum atomic E-state index is -0.0151. The molecule has 0 aliphatic carbocycles. The number of rotatable bonds is 5. The highest BCUT2D eigenvalue weighted by Crippen LogP contribution is 2.22. The van der Waals surface area contributed by atoms with Crippen molar-refractivity contribution in [1.29, 1.82) is 0 Å². The molecule has 0 aliphatic heterocycles. The minimum Gasteiger partial charge on any atom is -0.390 e. The standard InChI is InChI=1S/C14H18N2OS/c1-11(2)16(9-14-4-3-7-18-14)13-5-6-15-12(8-13)10-17/h3-8,11,17H,9-10H2,1-2H3. The van der Waals surface area contributed by atoms with Gasteiger partial charge in [-0.15, -0.1) is 11.3 Å². The van der Waals surface area contributed by atoms with Crippen molar-refractivity contribution in [3.05, 3.63) is 46.4 Å². The molecule has 0 unspecified atom stereocenters. The zero-order valence-electron chi connectivity index (χ0n) is 10.7. The van der Waals surface area contributed by atoms with Crippen LogP contribution in [0.2, 0.25) is 0 Å². The summed E-state index contributed by atoms with van der Waals surface area (Å²) in [7, 11) is 0. The summed E-state index contributed by atoms with van der Waals surface area (Å²) in [4.78, 5) is 7.77. The quantitative estimate of drug-likeness (QED) is 0.899. The van der Waals surface area contributed by atoms with Crippen molar-refractivity contribution in [2.45, 2.75) is 33.0 Å². The fourth-order valence-electron chi connectivity index (χ4n) is 1.87. The Labute approximate surface area is 112 Å². The highest BCUT2D eigenvalue weighted by molar-refractivity contribution is 7.09. The number of pyridine rings is 1. The van der Waals surface area contributed by atoms with E-state index in [1.54, 1.807) is 17.5 Å². The largest absolute Gasteiger partial charge is 0.390 e. The number of aliphatic hydroxyl groups is 1. The van der Waals surface area contributed by atoms with Gasteiger partial charge < -0.3 is 10.0 Å². The summed E-state index contributed by atoms with van der Waals surface area (Å²) in [5, 5.41) is 11.3. The van der Waals surface area contributed by atoms with Crippen LogP contribution in [0.25, 0.3) is 0 Å². The van der Waals surface area contributed by atoms with Crippen molar-refractivity contribution in [2.75, 3.05) is 4.90 Å². The Morgan fingerprint density at radius 3 is 2.83 bits per heavy atom. The van der Waals surface area contributed by atoms with Gasteiger partial charge in [0.1, 0.15) is 0 Å². The van der Waals surface area contributed by atoms with Crippen molar-refractivity contribution in [3.8, 4) is 0 Å². The molecule has 1 N–H and O–H groups in total. The van der Waals surface area contributed by atoms with Crippen LogP contribution in [0, 0.1) is 0 Å². The monoisotopic (exact) mass is 262 g/mol. The molecule has 3 nitrogen and oxygen atoms in total. The number of hydrogen-bond donors (Lipinski definition) is 1. The summed E-state index contributed by atoms with van der Waals surface area (Å²) in [6.45, 7) is 5.22. The van der Waals surface area contributed by atoms with Crippen molar-refractivity contribution < 1.29 is 5.11 Å². The molecule has 0 saturated carbocycles. The highest BCUT2D eigenvalue weighted by Gasteiger charge is 2.12. The van der Waals surface area contributed by atoms with E-state index in [1.165, 1.54) is 4.88 Å².